The summed E-state index contributed by atoms with van der Waals surface area (Å²) >= 11 is 0. The maximum Gasteiger partial charge on any atom is 0.330 e. The predicted octanol–water partition coefficient (Wildman–Crippen LogP) is 0.0307. The third kappa shape index (κ3) is 2.52. The van der Waals surface area contributed by atoms with Gasteiger partial charge in [-0.25, -0.2) is 4.79 Å². The molecule has 1 saturated heterocycles. The van der Waals surface area contributed by atoms with Gasteiger partial charge in [0.25, 0.3) is 5.91 Å². The Balaban J connectivity index is 2.55. The van der Waals surface area contributed by atoms with Crippen molar-refractivity contribution >= 4 is 17.8 Å². The molecule has 1 aliphatic heterocycles. The Hall–Kier alpha value is -1.91. The van der Waals surface area contributed by atoms with Crippen LogP contribution in [0.1, 0.15) is 6.42 Å². The van der Waals surface area contributed by atoms with Crippen LogP contribution in [-0.4, -0.2) is 36.3 Å². The van der Waals surface area contributed by atoms with E-state index < -0.39 is 5.97 Å². The molecule has 0 unspecified atom stereocenters. The van der Waals surface area contributed by atoms with Gasteiger partial charge in [0.15, 0.2) is 0 Å². The van der Waals surface area contributed by atoms with Gasteiger partial charge in [0.2, 0.25) is 5.91 Å². The van der Waals surface area contributed by atoms with Crippen molar-refractivity contribution in [2.45, 2.75) is 6.42 Å². The van der Waals surface area contributed by atoms with Crippen molar-refractivity contribution in [1.82, 2.24) is 4.90 Å². The highest BCUT2D eigenvalue weighted by Crippen LogP contribution is 2.16. The number of hydrogen-bond donors (Lipinski definition) is 0. The fourth-order valence-electron chi connectivity index (χ4n) is 1.13. The number of esters is 1. The van der Waals surface area contributed by atoms with E-state index in [1.54, 1.807) is 0 Å². The normalized spacial score (nSPS) is 18.5. The first-order valence-corrected chi connectivity index (χ1v) is 4.35. The standard InChI is InChI=1S/C10H11NO4/c1-3-9(13)15-5-4-7-6-8(12)11(2)10(7)14/h3-4H,1,5-6H2,2H3. The van der Waals surface area contributed by atoms with E-state index >= 15 is 0 Å². The number of likely N-dealkylation sites (tertiary alicyclic amines) is 1. The maximum atomic E-state index is 11.3. The van der Waals surface area contributed by atoms with Crippen LogP contribution in [0.25, 0.3) is 0 Å². The summed E-state index contributed by atoms with van der Waals surface area (Å²) in [4.78, 5) is 34.1. The second kappa shape index (κ2) is 4.54. The molecular formula is C10H11NO4. The second-order valence-corrected chi connectivity index (χ2v) is 3.00. The first-order valence-electron chi connectivity index (χ1n) is 4.35. The largest absolute Gasteiger partial charge is 0.458 e. The number of carbonyl (C=O) groups is 3. The summed E-state index contributed by atoms with van der Waals surface area (Å²) in [6.07, 6.45) is 2.54. The van der Waals surface area contributed by atoms with E-state index in [9.17, 15) is 14.4 Å². The lowest BCUT2D eigenvalue weighted by atomic mass is 10.2. The van der Waals surface area contributed by atoms with Gasteiger partial charge in [-0.3, -0.25) is 14.5 Å². The van der Waals surface area contributed by atoms with Gasteiger partial charge in [0.05, 0.1) is 6.42 Å². The Morgan fingerprint density at radius 2 is 2.27 bits per heavy atom. The Labute approximate surface area is 87.0 Å². The molecule has 1 aliphatic rings. The minimum atomic E-state index is -0.558. The third-order valence-electron chi connectivity index (χ3n) is 2.02. The third-order valence-corrected chi connectivity index (χ3v) is 2.02. The van der Waals surface area contributed by atoms with E-state index in [-0.39, 0.29) is 24.8 Å². The second-order valence-electron chi connectivity index (χ2n) is 3.00. The van der Waals surface area contributed by atoms with Crippen molar-refractivity contribution in [3.8, 4) is 0 Å². The van der Waals surface area contributed by atoms with Gasteiger partial charge in [-0.15, -0.1) is 0 Å². The summed E-state index contributed by atoms with van der Waals surface area (Å²) < 4.78 is 4.66. The van der Waals surface area contributed by atoms with Gasteiger partial charge in [-0.1, -0.05) is 6.58 Å². The summed E-state index contributed by atoms with van der Waals surface area (Å²) in [5.41, 5.74) is 0.361. The number of rotatable bonds is 3. The zero-order valence-electron chi connectivity index (χ0n) is 8.36. The summed E-state index contributed by atoms with van der Waals surface area (Å²) in [6.45, 7) is 3.20. The molecule has 0 aromatic heterocycles. The van der Waals surface area contributed by atoms with Crippen LogP contribution in [0.2, 0.25) is 0 Å². The summed E-state index contributed by atoms with van der Waals surface area (Å²) in [5, 5.41) is 0. The number of nitrogens with zero attached hydrogens (tertiary/aromatic N) is 1. The number of likely N-dealkylation sites (N-methyl/N-ethyl adjacent to an activating group) is 1. The lowest BCUT2D eigenvalue weighted by Gasteiger charge is -2.02. The summed E-state index contributed by atoms with van der Waals surface area (Å²) in [6, 6.07) is 0. The summed E-state index contributed by atoms with van der Waals surface area (Å²) in [5.74, 6) is -1.15. The lowest BCUT2D eigenvalue weighted by molar-refractivity contribution is -0.137. The van der Waals surface area contributed by atoms with Crippen molar-refractivity contribution in [2.24, 2.45) is 0 Å². The molecule has 0 N–H and O–H groups in total. The minimum absolute atomic E-state index is 0.0208. The highest BCUT2D eigenvalue weighted by Gasteiger charge is 2.30. The SMILES string of the molecule is C=CC(=O)OCC=C1CC(=O)N(C)C1=O. The predicted molar refractivity (Wildman–Crippen MR) is 51.6 cm³/mol. The minimum Gasteiger partial charge on any atom is -0.458 e. The van der Waals surface area contributed by atoms with Crippen LogP contribution >= 0.6 is 0 Å². The molecule has 5 heteroatoms. The van der Waals surface area contributed by atoms with Gasteiger partial charge < -0.3 is 4.74 Å². The zero-order valence-corrected chi connectivity index (χ0v) is 8.36. The van der Waals surface area contributed by atoms with Crippen molar-refractivity contribution in [3.05, 3.63) is 24.3 Å². The van der Waals surface area contributed by atoms with Crippen LogP contribution in [0, 0.1) is 0 Å². The molecule has 15 heavy (non-hydrogen) atoms. The van der Waals surface area contributed by atoms with Crippen molar-refractivity contribution in [2.75, 3.05) is 13.7 Å². The van der Waals surface area contributed by atoms with Gasteiger partial charge in [-0.05, 0) is 6.08 Å². The molecule has 0 bridgehead atoms. The van der Waals surface area contributed by atoms with Crippen LogP contribution in [0.4, 0.5) is 0 Å². The van der Waals surface area contributed by atoms with Crippen LogP contribution in [0.3, 0.4) is 0 Å². The molecule has 0 radical (unpaired) electrons. The quantitative estimate of drug-likeness (QED) is 0.374. The topological polar surface area (TPSA) is 63.7 Å². The molecule has 1 rings (SSSR count). The molecule has 80 valence electrons. The number of imide groups is 1. The van der Waals surface area contributed by atoms with E-state index in [2.05, 4.69) is 11.3 Å². The molecule has 0 aliphatic carbocycles. The zero-order chi connectivity index (χ0) is 11.4. The van der Waals surface area contributed by atoms with E-state index in [0.717, 1.165) is 11.0 Å². The first kappa shape index (κ1) is 11.2. The van der Waals surface area contributed by atoms with Gasteiger partial charge in [0.1, 0.15) is 6.61 Å². The molecule has 1 fully saturated rings. The van der Waals surface area contributed by atoms with E-state index in [0.29, 0.717) is 5.57 Å². The monoisotopic (exact) mass is 209 g/mol. The Morgan fingerprint density at radius 3 is 2.73 bits per heavy atom. The number of carbonyl (C=O) groups excluding carboxylic acids is 3. The molecule has 0 saturated carbocycles. The molecule has 0 aromatic rings. The maximum absolute atomic E-state index is 11.3. The highest BCUT2D eigenvalue weighted by molar-refractivity contribution is 6.13. The molecule has 5 nitrogen and oxygen atoms in total. The molecular weight excluding hydrogens is 198 g/mol. The van der Waals surface area contributed by atoms with E-state index in [1.165, 1.54) is 13.1 Å². The first-order chi connectivity index (χ1) is 7.06. The van der Waals surface area contributed by atoms with Crippen molar-refractivity contribution in [1.29, 1.82) is 0 Å². The lowest BCUT2D eigenvalue weighted by Crippen LogP contribution is -2.23. The number of ether oxygens (including phenoxy) is 1. The summed E-state index contributed by atoms with van der Waals surface area (Å²) in [7, 11) is 1.42. The van der Waals surface area contributed by atoms with Crippen LogP contribution < -0.4 is 0 Å². The Kier molecular flexibility index (Phi) is 3.38. The van der Waals surface area contributed by atoms with Crippen LogP contribution in [0.15, 0.2) is 24.3 Å². The number of hydrogen-bond acceptors (Lipinski definition) is 4. The smallest absolute Gasteiger partial charge is 0.330 e. The van der Waals surface area contributed by atoms with Crippen molar-refractivity contribution in [3.63, 3.8) is 0 Å². The fourth-order valence-corrected chi connectivity index (χ4v) is 1.13. The van der Waals surface area contributed by atoms with Gasteiger partial charge in [-0.2, -0.15) is 0 Å². The average Bonchev–Trinajstić information content (AvgIpc) is 2.46. The van der Waals surface area contributed by atoms with E-state index in [1.807, 2.05) is 0 Å². The molecule has 0 atom stereocenters. The molecule has 2 amide bonds. The Bertz CT molecular complexity index is 356. The molecule has 0 spiro atoms. The fraction of sp³-hybridized carbons (Fsp3) is 0.300. The van der Waals surface area contributed by atoms with Gasteiger partial charge in [0, 0.05) is 18.7 Å². The molecule has 1 heterocycles. The van der Waals surface area contributed by atoms with E-state index in [4.69, 9.17) is 0 Å². The van der Waals surface area contributed by atoms with Crippen LogP contribution in [-0.2, 0) is 19.1 Å². The highest BCUT2D eigenvalue weighted by atomic mass is 16.5. The number of amides is 2. The van der Waals surface area contributed by atoms with Gasteiger partial charge >= 0.3 is 5.97 Å². The van der Waals surface area contributed by atoms with Crippen molar-refractivity contribution < 1.29 is 19.1 Å². The van der Waals surface area contributed by atoms with Crippen LogP contribution in [0.5, 0.6) is 0 Å². The average molecular weight is 209 g/mol. The Morgan fingerprint density at radius 1 is 1.60 bits per heavy atom. The molecule has 0 aromatic carbocycles.